The Kier molecular flexibility index (Phi) is 13.7. The number of carbonyl (C=O) groups excluding carboxylic acids is 4. The Morgan fingerprint density at radius 3 is 2.25 bits per heavy atom. The van der Waals surface area contributed by atoms with Crippen molar-refractivity contribution < 1.29 is 32.3 Å². The smallest absolute Gasteiger partial charge is 0.245 e. The van der Waals surface area contributed by atoms with Gasteiger partial charge < -0.3 is 40.6 Å². The van der Waals surface area contributed by atoms with Crippen LogP contribution in [0.1, 0.15) is 72.3 Å². The van der Waals surface area contributed by atoms with Gasteiger partial charge in [0.2, 0.25) is 23.6 Å². The highest BCUT2D eigenvalue weighted by Gasteiger charge is 2.40. The molecule has 2 aromatic carbocycles. The number of alkyl halides is 1. The van der Waals surface area contributed by atoms with Gasteiger partial charge in [-0.1, -0.05) is 20.8 Å². The number of fused-ring (bicyclic) bond motifs is 2. The summed E-state index contributed by atoms with van der Waals surface area (Å²) < 4.78 is 46.6. The van der Waals surface area contributed by atoms with Gasteiger partial charge in [-0.15, -0.1) is 0 Å². The van der Waals surface area contributed by atoms with Gasteiger partial charge in [0.15, 0.2) is 5.82 Å². The highest BCUT2D eigenvalue weighted by molar-refractivity contribution is 5.93. The summed E-state index contributed by atoms with van der Waals surface area (Å²) in [4.78, 5) is 65.3. The molecule has 4 aromatic rings. The molecule has 4 amide bonds. The summed E-state index contributed by atoms with van der Waals surface area (Å²) in [6, 6.07) is 5.53. The van der Waals surface area contributed by atoms with Crippen LogP contribution in [-0.4, -0.2) is 118 Å². The van der Waals surface area contributed by atoms with Crippen LogP contribution in [0.5, 0.6) is 0 Å². The van der Waals surface area contributed by atoms with Crippen molar-refractivity contribution in [1.82, 2.24) is 45.6 Å². The van der Waals surface area contributed by atoms with Crippen molar-refractivity contribution in [2.24, 2.45) is 5.92 Å². The number of imidazole rings is 1. The first kappa shape index (κ1) is 43.6. The standard InChI is InChI=1S/C43H58F3N9O4/c1-8-33(51-40(56)24(4)47-6)42(58)53-16-9-10-29(53)21-32-31-13-11-26(44)19-34(31)49-38(32)39-50-35-20-27(45)12-14-36(35)54(39)17-15-30-18-28(46)22-55(30)43(59)37(23(2)3)52-41(57)25(5)48-7/h11-14,19-20,23-25,28-30,33,37,47-49H,8-10,15-18,21-22H2,1-7H3,(H,51,56)(H,52,57)/t24-,25-,28-,29-,30+,33-,37-/m0/s1. The molecule has 16 heteroatoms. The predicted molar refractivity (Wildman–Crippen MR) is 221 cm³/mol. The van der Waals surface area contributed by atoms with Crippen molar-refractivity contribution in [1.29, 1.82) is 0 Å². The first-order chi connectivity index (χ1) is 28.1. The van der Waals surface area contributed by atoms with Crippen LogP contribution in [0.4, 0.5) is 13.2 Å². The quantitative estimate of drug-likeness (QED) is 0.111. The number of hydrogen-bond donors (Lipinski definition) is 5. The molecule has 5 N–H and O–H groups in total. The number of aryl methyl sites for hydroxylation is 1. The molecule has 0 aliphatic carbocycles. The van der Waals surface area contributed by atoms with E-state index < -0.39 is 48.0 Å². The average Bonchev–Trinajstić information content (AvgIpc) is 4.00. The van der Waals surface area contributed by atoms with Crippen LogP contribution in [0.25, 0.3) is 33.5 Å². The van der Waals surface area contributed by atoms with Gasteiger partial charge in [0.1, 0.15) is 29.9 Å². The molecule has 59 heavy (non-hydrogen) atoms. The highest BCUT2D eigenvalue weighted by atomic mass is 19.1. The molecule has 0 saturated carbocycles. The summed E-state index contributed by atoms with van der Waals surface area (Å²) in [5.41, 5.74) is 2.91. The van der Waals surface area contributed by atoms with E-state index in [2.05, 4.69) is 26.3 Å². The number of H-pyrrole nitrogens is 1. The van der Waals surface area contributed by atoms with Gasteiger partial charge in [0.25, 0.3) is 0 Å². The molecule has 6 rings (SSSR count). The van der Waals surface area contributed by atoms with Gasteiger partial charge in [-0.05, 0) is 102 Å². The van der Waals surface area contributed by atoms with Crippen LogP contribution in [0.15, 0.2) is 36.4 Å². The Bertz CT molecular complexity index is 2170. The lowest BCUT2D eigenvalue weighted by molar-refractivity contribution is -0.139. The Labute approximate surface area is 343 Å². The summed E-state index contributed by atoms with van der Waals surface area (Å²) in [7, 11) is 3.34. The number of likely N-dealkylation sites (N-methyl/N-ethyl adjacent to an activating group) is 2. The summed E-state index contributed by atoms with van der Waals surface area (Å²) in [6.45, 7) is 9.65. The minimum absolute atomic E-state index is 0.0989. The van der Waals surface area contributed by atoms with Crippen LogP contribution in [0, 0.1) is 17.6 Å². The third kappa shape index (κ3) is 9.28. The van der Waals surface area contributed by atoms with E-state index in [-0.39, 0.29) is 55.1 Å². The molecule has 2 aliphatic heterocycles. The number of aromatic nitrogens is 3. The van der Waals surface area contributed by atoms with E-state index in [4.69, 9.17) is 4.98 Å². The fourth-order valence-corrected chi connectivity index (χ4v) is 8.47. The van der Waals surface area contributed by atoms with Crippen molar-refractivity contribution in [3.05, 3.63) is 53.6 Å². The number of hydrogen-bond acceptors (Lipinski definition) is 7. The van der Waals surface area contributed by atoms with Gasteiger partial charge in [-0.2, -0.15) is 0 Å². The molecular formula is C43H58F3N9O4. The average molecular weight is 822 g/mol. The number of halogens is 3. The van der Waals surface area contributed by atoms with Crippen LogP contribution >= 0.6 is 0 Å². The van der Waals surface area contributed by atoms with Crippen molar-refractivity contribution in [2.75, 3.05) is 27.2 Å². The van der Waals surface area contributed by atoms with Gasteiger partial charge in [-0.25, -0.2) is 18.2 Å². The summed E-state index contributed by atoms with van der Waals surface area (Å²) in [6.07, 6.45) is 1.47. The molecule has 2 saturated heterocycles. The SMILES string of the molecule is CC[C@H](NC(=O)[C@H](C)NC)C(=O)N1CCC[C@H]1Cc1c(-c2nc3cc(F)ccc3n2CC[C@@H]2C[C@H](F)CN2C(=O)[C@@H](NC(=O)[C@H](C)NC)C(C)C)[nH]c2cc(F)ccc12. The predicted octanol–water partition coefficient (Wildman–Crippen LogP) is 4.58. The molecule has 0 spiro atoms. The lowest BCUT2D eigenvalue weighted by atomic mass is 9.99. The monoisotopic (exact) mass is 821 g/mol. The van der Waals surface area contributed by atoms with E-state index in [9.17, 15) is 28.0 Å². The molecule has 2 aromatic heterocycles. The van der Waals surface area contributed by atoms with Gasteiger partial charge in [0, 0.05) is 48.6 Å². The maximum atomic E-state index is 15.2. The topological polar surface area (TPSA) is 156 Å². The van der Waals surface area contributed by atoms with Crippen LogP contribution in [0.3, 0.4) is 0 Å². The fraction of sp³-hybridized carbons (Fsp3) is 0.558. The van der Waals surface area contributed by atoms with Gasteiger partial charge in [-0.3, -0.25) is 19.2 Å². The lowest BCUT2D eigenvalue weighted by Gasteiger charge is -2.31. The molecule has 320 valence electrons. The number of carbonyl (C=O) groups is 4. The first-order valence-corrected chi connectivity index (χ1v) is 20.8. The molecule has 13 nitrogen and oxygen atoms in total. The third-order valence-corrected chi connectivity index (χ3v) is 12.1. The molecule has 0 unspecified atom stereocenters. The maximum Gasteiger partial charge on any atom is 0.245 e. The van der Waals surface area contributed by atoms with Crippen molar-refractivity contribution in [2.45, 2.75) is 122 Å². The minimum Gasteiger partial charge on any atom is -0.352 e. The fourth-order valence-electron chi connectivity index (χ4n) is 8.47. The van der Waals surface area contributed by atoms with Crippen molar-refractivity contribution in [3.63, 3.8) is 0 Å². The second-order valence-corrected chi connectivity index (χ2v) is 16.4. The maximum absolute atomic E-state index is 15.2. The van der Waals surface area contributed by atoms with Crippen LogP contribution in [-0.2, 0) is 32.1 Å². The number of rotatable bonds is 16. The second-order valence-electron chi connectivity index (χ2n) is 16.4. The third-order valence-electron chi connectivity index (χ3n) is 12.1. The van der Waals surface area contributed by atoms with Gasteiger partial charge in [0.05, 0.1) is 35.4 Å². The lowest BCUT2D eigenvalue weighted by Crippen LogP contribution is -2.55. The largest absolute Gasteiger partial charge is 0.352 e. The van der Waals surface area contributed by atoms with E-state index in [1.807, 2.05) is 30.2 Å². The Morgan fingerprint density at radius 1 is 0.898 bits per heavy atom. The number of amides is 4. The summed E-state index contributed by atoms with van der Waals surface area (Å²) in [5.74, 6) is -1.83. The summed E-state index contributed by atoms with van der Waals surface area (Å²) >= 11 is 0. The second kappa shape index (κ2) is 18.5. The summed E-state index contributed by atoms with van der Waals surface area (Å²) in [5, 5.41) is 12.3. The molecule has 2 fully saturated rings. The molecule has 0 bridgehead atoms. The molecule has 4 heterocycles. The van der Waals surface area contributed by atoms with E-state index in [0.29, 0.717) is 60.3 Å². The number of nitrogens with zero attached hydrogens (tertiary/aromatic N) is 4. The highest BCUT2D eigenvalue weighted by Crippen LogP contribution is 2.37. The van der Waals surface area contributed by atoms with Crippen molar-refractivity contribution in [3.8, 4) is 11.5 Å². The Morgan fingerprint density at radius 2 is 1.58 bits per heavy atom. The zero-order valence-electron chi connectivity index (χ0n) is 35.0. The van der Waals surface area contributed by atoms with Crippen LogP contribution in [0.2, 0.25) is 0 Å². The minimum atomic E-state index is -1.25. The number of nitrogens with one attached hydrogen (secondary N) is 5. The van der Waals surface area contributed by atoms with E-state index >= 15 is 4.39 Å². The molecule has 0 radical (unpaired) electrons. The number of benzene rings is 2. The van der Waals surface area contributed by atoms with Crippen molar-refractivity contribution >= 4 is 45.6 Å². The molecule has 7 atom stereocenters. The zero-order chi connectivity index (χ0) is 42.7. The zero-order valence-corrected chi connectivity index (χ0v) is 35.0. The number of aromatic amines is 1. The van der Waals surface area contributed by atoms with Gasteiger partial charge >= 0.3 is 0 Å². The first-order valence-electron chi connectivity index (χ1n) is 20.8. The normalized spacial score (nSPS) is 20.4. The Hall–Kier alpha value is -4.96. The van der Waals surface area contributed by atoms with E-state index in [1.165, 1.54) is 29.2 Å². The molecule has 2 aliphatic rings. The van der Waals surface area contributed by atoms with Crippen LogP contribution < -0.4 is 21.3 Å². The van der Waals surface area contributed by atoms with E-state index in [1.54, 1.807) is 40.1 Å². The number of likely N-dealkylation sites (tertiary alicyclic amines) is 2. The molecular weight excluding hydrogens is 764 g/mol. The van der Waals surface area contributed by atoms with E-state index in [0.717, 1.165) is 17.4 Å². The Balaban J connectivity index is 1.34.